The van der Waals surface area contributed by atoms with Crippen molar-refractivity contribution in [2.75, 3.05) is 26.4 Å². The summed E-state index contributed by atoms with van der Waals surface area (Å²) in [5.74, 6) is 0.534. The van der Waals surface area contributed by atoms with E-state index in [1.807, 2.05) is 18.2 Å². The molecule has 1 heterocycles. The molecule has 1 aromatic carbocycles. The second kappa shape index (κ2) is 6.74. The van der Waals surface area contributed by atoms with Gasteiger partial charge in [-0.25, -0.2) is 0 Å². The maximum absolute atomic E-state index is 12.4. The second-order valence-corrected chi connectivity index (χ2v) is 4.75. The first-order valence-corrected chi connectivity index (χ1v) is 6.70. The summed E-state index contributed by atoms with van der Waals surface area (Å²) in [5.41, 5.74) is 7.77. The first-order valence-electron chi connectivity index (χ1n) is 6.70. The number of nitrogens with two attached hydrogens (primary N) is 1. The van der Waals surface area contributed by atoms with Gasteiger partial charge in [-0.3, -0.25) is 9.78 Å². The third-order valence-corrected chi connectivity index (χ3v) is 3.27. The highest BCUT2D eigenvalue weighted by Crippen LogP contribution is 2.20. The van der Waals surface area contributed by atoms with Crippen LogP contribution in [0.1, 0.15) is 16.1 Å². The third kappa shape index (κ3) is 3.72. The van der Waals surface area contributed by atoms with Crippen LogP contribution in [0.3, 0.4) is 0 Å². The number of rotatable bonds is 5. The van der Waals surface area contributed by atoms with E-state index in [9.17, 15) is 4.79 Å². The number of nitrogens with zero attached hydrogens (tertiary/aromatic N) is 2. The Balaban J connectivity index is 2.02. The first-order chi connectivity index (χ1) is 10.1. The van der Waals surface area contributed by atoms with Crippen molar-refractivity contribution in [3.63, 3.8) is 0 Å². The van der Waals surface area contributed by atoms with Crippen molar-refractivity contribution in [1.82, 2.24) is 9.88 Å². The van der Waals surface area contributed by atoms with Crippen LogP contribution < -0.4 is 10.5 Å². The van der Waals surface area contributed by atoms with Crippen molar-refractivity contribution in [2.45, 2.75) is 6.42 Å². The molecule has 21 heavy (non-hydrogen) atoms. The summed E-state index contributed by atoms with van der Waals surface area (Å²) < 4.78 is 5.08. The number of anilines is 1. The summed E-state index contributed by atoms with van der Waals surface area (Å²) in [4.78, 5) is 18.3. The maximum atomic E-state index is 12.4. The Hall–Kier alpha value is -2.56. The lowest BCUT2D eigenvalue weighted by Crippen LogP contribution is -2.29. The van der Waals surface area contributed by atoms with E-state index in [0.717, 1.165) is 5.69 Å². The number of nitrogen functional groups attached to an aromatic ring is 1. The highest BCUT2D eigenvalue weighted by atomic mass is 16.5. The molecule has 2 rings (SSSR count). The van der Waals surface area contributed by atoms with Gasteiger partial charge in [0, 0.05) is 43.7 Å². The number of carbonyl (C=O) groups excluding carboxylic acids is 1. The van der Waals surface area contributed by atoms with Gasteiger partial charge >= 0.3 is 0 Å². The van der Waals surface area contributed by atoms with E-state index in [0.29, 0.717) is 30.0 Å². The van der Waals surface area contributed by atoms with E-state index >= 15 is 0 Å². The van der Waals surface area contributed by atoms with Crippen molar-refractivity contribution >= 4 is 11.6 Å². The van der Waals surface area contributed by atoms with Gasteiger partial charge in [-0.2, -0.15) is 0 Å². The largest absolute Gasteiger partial charge is 0.497 e. The lowest BCUT2D eigenvalue weighted by atomic mass is 10.1. The van der Waals surface area contributed by atoms with Crippen molar-refractivity contribution in [3.8, 4) is 5.75 Å². The van der Waals surface area contributed by atoms with Gasteiger partial charge in [-0.05, 0) is 24.3 Å². The molecule has 2 aromatic rings. The molecule has 0 radical (unpaired) electrons. The fraction of sp³-hybridized carbons (Fsp3) is 0.250. The minimum Gasteiger partial charge on any atom is -0.497 e. The lowest BCUT2D eigenvalue weighted by molar-refractivity contribution is 0.0797. The van der Waals surface area contributed by atoms with Crippen molar-refractivity contribution in [3.05, 3.63) is 53.9 Å². The number of likely N-dealkylation sites (N-methyl/N-ethyl adjacent to an activating group) is 1. The van der Waals surface area contributed by atoms with E-state index in [1.165, 1.54) is 0 Å². The molecule has 0 fully saturated rings. The predicted octanol–water partition coefficient (Wildman–Crippen LogP) is 1.99. The van der Waals surface area contributed by atoms with Gasteiger partial charge in [0.2, 0.25) is 0 Å². The first kappa shape index (κ1) is 14.8. The molecule has 1 aromatic heterocycles. The Morgan fingerprint density at radius 2 is 2.14 bits per heavy atom. The summed E-state index contributed by atoms with van der Waals surface area (Å²) in [7, 11) is 3.32. The average molecular weight is 285 g/mol. The Labute approximate surface area is 124 Å². The molecule has 0 aliphatic heterocycles. The molecule has 2 N–H and O–H groups in total. The lowest BCUT2D eigenvalue weighted by Gasteiger charge is -2.18. The van der Waals surface area contributed by atoms with Gasteiger partial charge in [0.15, 0.2) is 0 Å². The van der Waals surface area contributed by atoms with Crippen LogP contribution in [0.15, 0.2) is 42.6 Å². The SMILES string of the molecule is COc1ccc(C(=O)N(C)CCc2ccccn2)c(N)c1. The Bertz CT molecular complexity index is 614. The number of hydrogen-bond acceptors (Lipinski definition) is 4. The number of amides is 1. The van der Waals surface area contributed by atoms with Crippen molar-refractivity contribution < 1.29 is 9.53 Å². The molecule has 0 atom stereocenters. The van der Waals surface area contributed by atoms with E-state index in [4.69, 9.17) is 10.5 Å². The number of hydrogen-bond donors (Lipinski definition) is 1. The zero-order valence-electron chi connectivity index (χ0n) is 12.2. The van der Waals surface area contributed by atoms with Gasteiger partial charge in [0.05, 0.1) is 12.7 Å². The van der Waals surface area contributed by atoms with Gasteiger partial charge in [0.1, 0.15) is 5.75 Å². The van der Waals surface area contributed by atoms with Gasteiger partial charge in [-0.1, -0.05) is 6.07 Å². The minimum absolute atomic E-state index is 0.105. The van der Waals surface area contributed by atoms with E-state index in [-0.39, 0.29) is 5.91 Å². The maximum Gasteiger partial charge on any atom is 0.255 e. The average Bonchev–Trinajstić information content (AvgIpc) is 2.52. The van der Waals surface area contributed by atoms with Crippen LogP contribution in [0.2, 0.25) is 0 Å². The van der Waals surface area contributed by atoms with Crippen LogP contribution >= 0.6 is 0 Å². The number of pyridine rings is 1. The fourth-order valence-corrected chi connectivity index (χ4v) is 2.00. The molecular weight excluding hydrogens is 266 g/mol. The van der Waals surface area contributed by atoms with Crippen LogP contribution in [0.4, 0.5) is 5.69 Å². The smallest absolute Gasteiger partial charge is 0.255 e. The van der Waals surface area contributed by atoms with Crippen LogP contribution in [0.5, 0.6) is 5.75 Å². The van der Waals surface area contributed by atoms with Gasteiger partial charge in [-0.15, -0.1) is 0 Å². The molecule has 0 spiro atoms. The molecule has 0 saturated carbocycles. The fourth-order valence-electron chi connectivity index (χ4n) is 2.00. The summed E-state index contributed by atoms with van der Waals surface area (Å²) in [6.07, 6.45) is 2.46. The Morgan fingerprint density at radius 1 is 1.33 bits per heavy atom. The zero-order chi connectivity index (χ0) is 15.2. The van der Waals surface area contributed by atoms with E-state index in [2.05, 4.69) is 4.98 Å². The number of ether oxygens (including phenoxy) is 1. The molecular formula is C16H19N3O2. The van der Waals surface area contributed by atoms with E-state index < -0.39 is 0 Å². The molecule has 110 valence electrons. The van der Waals surface area contributed by atoms with Crippen molar-refractivity contribution in [2.24, 2.45) is 0 Å². The number of methoxy groups -OCH3 is 1. The van der Waals surface area contributed by atoms with Crippen LogP contribution in [0, 0.1) is 0 Å². The second-order valence-electron chi connectivity index (χ2n) is 4.75. The topological polar surface area (TPSA) is 68.5 Å². The van der Waals surface area contributed by atoms with Crippen LogP contribution in [0.25, 0.3) is 0 Å². The molecule has 0 aliphatic carbocycles. The quantitative estimate of drug-likeness (QED) is 0.853. The summed E-state index contributed by atoms with van der Waals surface area (Å²) in [5, 5.41) is 0. The zero-order valence-corrected chi connectivity index (χ0v) is 12.2. The molecule has 0 bridgehead atoms. The summed E-state index contributed by atoms with van der Waals surface area (Å²) >= 11 is 0. The van der Waals surface area contributed by atoms with Crippen LogP contribution in [-0.2, 0) is 6.42 Å². The number of carbonyl (C=O) groups is 1. The van der Waals surface area contributed by atoms with Crippen LogP contribution in [-0.4, -0.2) is 36.5 Å². The molecule has 0 aliphatic rings. The number of aromatic nitrogens is 1. The molecule has 0 saturated heterocycles. The minimum atomic E-state index is -0.105. The highest BCUT2D eigenvalue weighted by Gasteiger charge is 2.15. The Morgan fingerprint density at radius 3 is 2.76 bits per heavy atom. The normalized spacial score (nSPS) is 10.2. The number of benzene rings is 1. The monoisotopic (exact) mass is 285 g/mol. The molecule has 5 heteroatoms. The van der Waals surface area contributed by atoms with E-state index in [1.54, 1.807) is 43.5 Å². The molecule has 5 nitrogen and oxygen atoms in total. The standard InChI is InChI=1S/C16H19N3O2/c1-19(10-8-12-5-3-4-9-18-12)16(20)14-7-6-13(21-2)11-15(14)17/h3-7,9,11H,8,10,17H2,1-2H3. The Kier molecular flexibility index (Phi) is 4.77. The van der Waals surface area contributed by atoms with Gasteiger partial charge < -0.3 is 15.4 Å². The summed E-state index contributed by atoms with van der Waals surface area (Å²) in [6.45, 7) is 0.585. The molecule has 0 unspecified atom stereocenters. The predicted molar refractivity (Wildman–Crippen MR) is 82.3 cm³/mol. The highest BCUT2D eigenvalue weighted by molar-refractivity contribution is 5.99. The van der Waals surface area contributed by atoms with Gasteiger partial charge in [0.25, 0.3) is 5.91 Å². The van der Waals surface area contributed by atoms with Crippen molar-refractivity contribution in [1.29, 1.82) is 0 Å². The summed E-state index contributed by atoms with van der Waals surface area (Å²) in [6, 6.07) is 10.8. The molecule has 1 amide bonds. The third-order valence-electron chi connectivity index (χ3n) is 3.27.